The second kappa shape index (κ2) is 5.49. The van der Waals surface area contributed by atoms with E-state index in [0.717, 1.165) is 59.8 Å². The van der Waals surface area contributed by atoms with E-state index in [1.54, 1.807) is 0 Å². The molecule has 1 atom stereocenters. The summed E-state index contributed by atoms with van der Waals surface area (Å²) in [6.07, 6.45) is 6.13. The van der Waals surface area contributed by atoms with Gasteiger partial charge in [0.1, 0.15) is 17.0 Å². The van der Waals surface area contributed by atoms with Gasteiger partial charge in [-0.1, -0.05) is 18.2 Å². The molecule has 0 bridgehead atoms. The summed E-state index contributed by atoms with van der Waals surface area (Å²) in [5.74, 6) is 1.26. The van der Waals surface area contributed by atoms with E-state index < -0.39 is 0 Å². The number of nitrogens with zero attached hydrogens (tertiary/aromatic N) is 3. The number of para-hydroxylation sites is 1. The predicted octanol–water partition coefficient (Wildman–Crippen LogP) is 3.47. The van der Waals surface area contributed by atoms with Gasteiger partial charge in [0, 0.05) is 11.3 Å². The molecule has 1 aromatic heterocycles. The summed E-state index contributed by atoms with van der Waals surface area (Å²) >= 11 is 0. The van der Waals surface area contributed by atoms with Gasteiger partial charge < -0.3 is 9.73 Å². The largest absolute Gasteiger partial charge is 0.454 e. The fourth-order valence-electron chi connectivity index (χ4n) is 3.87. The molecule has 0 amide bonds. The van der Waals surface area contributed by atoms with Gasteiger partial charge in [-0.2, -0.15) is 0 Å². The van der Waals surface area contributed by atoms with Crippen LogP contribution in [0.5, 0.6) is 0 Å². The Kier molecular flexibility index (Phi) is 3.25. The lowest BCUT2D eigenvalue weighted by Crippen LogP contribution is -2.42. The van der Waals surface area contributed by atoms with Crippen LogP contribution in [0.15, 0.2) is 55.8 Å². The molecule has 5 nitrogen and oxygen atoms in total. The van der Waals surface area contributed by atoms with Gasteiger partial charge in [-0.15, -0.1) is 0 Å². The van der Waals surface area contributed by atoms with Crippen molar-refractivity contribution in [1.29, 1.82) is 0 Å². The number of aliphatic imine (C=N–C) groups is 3. The van der Waals surface area contributed by atoms with Crippen LogP contribution in [0.1, 0.15) is 25.5 Å². The maximum Gasteiger partial charge on any atom is 0.153 e. The molecular formula is C20H20N4O. The van der Waals surface area contributed by atoms with Crippen LogP contribution >= 0.6 is 0 Å². The van der Waals surface area contributed by atoms with Crippen molar-refractivity contribution < 1.29 is 4.42 Å². The monoisotopic (exact) mass is 332 g/mol. The predicted molar refractivity (Wildman–Crippen MR) is 102 cm³/mol. The maximum atomic E-state index is 5.94. The molecule has 0 aliphatic carbocycles. The van der Waals surface area contributed by atoms with E-state index in [1.807, 2.05) is 42.6 Å². The third kappa shape index (κ3) is 2.46. The minimum atomic E-state index is -0.379. The molecular weight excluding hydrogens is 312 g/mol. The number of rotatable bonds is 2. The highest BCUT2D eigenvalue weighted by Crippen LogP contribution is 2.35. The van der Waals surface area contributed by atoms with E-state index in [1.165, 1.54) is 0 Å². The van der Waals surface area contributed by atoms with Gasteiger partial charge in [-0.25, -0.2) is 4.99 Å². The molecule has 3 aliphatic heterocycles. The first kappa shape index (κ1) is 14.8. The molecule has 0 saturated carbocycles. The van der Waals surface area contributed by atoms with E-state index in [9.17, 15) is 0 Å². The van der Waals surface area contributed by atoms with E-state index in [2.05, 4.69) is 17.2 Å². The SMILES string of the molecule is CC1(C2CCNCC2)N=CC2=NC(c3cc4ccccc4o3)=CC2=N1. The summed E-state index contributed by atoms with van der Waals surface area (Å²) in [4.78, 5) is 14.4. The van der Waals surface area contributed by atoms with Crippen molar-refractivity contribution in [3.63, 3.8) is 0 Å². The Bertz CT molecular complexity index is 926. The first-order valence-corrected chi connectivity index (χ1v) is 8.87. The Labute approximate surface area is 146 Å². The van der Waals surface area contributed by atoms with Crippen LogP contribution < -0.4 is 5.32 Å². The van der Waals surface area contributed by atoms with Crippen molar-refractivity contribution >= 4 is 34.3 Å². The molecule has 126 valence electrons. The first-order valence-electron chi connectivity index (χ1n) is 8.87. The number of hydrogen-bond donors (Lipinski definition) is 1. The zero-order valence-electron chi connectivity index (χ0n) is 14.2. The van der Waals surface area contributed by atoms with Crippen molar-refractivity contribution in [2.75, 3.05) is 13.1 Å². The number of benzene rings is 1. The third-order valence-corrected chi connectivity index (χ3v) is 5.36. The van der Waals surface area contributed by atoms with Gasteiger partial charge in [0.15, 0.2) is 11.4 Å². The summed E-state index contributed by atoms with van der Waals surface area (Å²) in [5, 5.41) is 4.50. The number of hydrogen-bond acceptors (Lipinski definition) is 5. The molecule has 2 aromatic rings. The molecule has 0 spiro atoms. The van der Waals surface area contributed by atoms with Gasteiger partial charge in [-0.05, 0) is 51.1 Å². The summed E-state index contributed by atoms with van der Waals surface area (Å²) < 4.78 is 5.94. The van der Waals surface area contributed by atoms with Gasteiger partial charge in [0.05, 0.1) is 11.9 Å². The van der Waals surface area contributed by atoms with Crippen molar-refractivity contribution in [2.45, 2.75) is 25.4 Å². The lowest BCUT2D eigenvalue weighted by atomic mass is 9.85. The lowest BCUT2D eigenvalue weighted by molar-refractivity contribution is 0.244. The Balaban J connectivity index is 1.50. The Morgan fingerprint density at radius 1 is 1.16 bits per heavy atom. The molecule has 25 heavy (non-hydrogen) atoms. The van der Waals surface area contributed by atoms with Crippen LogP contribution in [-0.4, -0.2) is 36.4 Å². The average Bonchev–Trinajstić information content (AvgIpc) is 3.25. The summed E-state index contributed by atoms with van der Waals surface area (Å²) in [6, 6.07) is 10.0. The van der Waals surface area contributed by atoms with Crippen LogP contribution in [0, 0.1) is 5.92 Å². The van der Waals surface area contributed by atoms with E-state index in [-0.39, 0.29) is 5.66 Å². The zero-order valence-corrected chi connectivity index (χ0v) is 14.2. The van der Waals surface area contributed by atoms with Crippen LogP contribution in [-0.2, 0) is 0 Å². The van der Waals surface area contributed by atoms with Gasteiger partial charge in [0.2, 0.25) is 0 Å². The molecule has 0 radical (unpaired) electrons. The molecule has 1 fully saturated rings. The molecule has 3 aliphatic rings. The summed E-state index contributed by atoms with van der Waals surface area (Å²) in [7, 11) is 0. The second-order valence-corrected chi connectivity index (χ2v) is 7.05. The number of allylic oxidation sites excluding steroid dienone is 1. The normalized spacial score (nSPS) is 26.4. The molecule has 1 unspecified atom stereocenters. The molecule has 1 N–H and O–H groups in total. The number of nitrogens with one attached hydrogen (secondary N) is 1. The molecule has 1 saturated heterocycles. The molecule has 5 rings (SSSR count). The van der Waals surface area contributed by atoms with E-state index in [4.69, 9.17) is 14.4 Å². The first-order chi connectivity index (χ1) is 12.2. The summed E-state index contributed by atoms with van der Waals surface area (Å²) in [6.45, 7) is 4.22. The minimum absolute atomic E-state index is 0.379. The number of furan rings is 1. The van der Waals surface area contributed by atoms with Gasteiger partial charge in [0.25, 0.3) is 0 Å². The van der Waals surface area contributed by atoms with Gasteiger partial charge in [-0.3, -0.25) is 9.98 Å². The highest BCUT2D eigenvalue weighted by molar-refractivity contribution is 6.68. The van der Waals surface area contributed by atoms with Crippen molar-refractivity contribution in [1.82, 2.24) is 5.32 Å². The molecule has 1 aromatic carbocycles. The van der Waals surface area contributed by atoms with Crippen molar-refractivity contribution in [3.8, 4) is 0 Å². The summed E-state index contributed by atoms with van der Waals surface area (Å²) in [5.41, 5.74) is 3.08. The average molecular weight is 332 g/mol. The standard InChI is InChI=1S/C20H20N4O/c1-20(14-6-8-21-9-7-14)22-12-17-15(24-20)11-16(23-17)19-10-13-4-2-3-5-18(13)25-19/h2-5,10-12,14,21H,6-9H2,1H3. The highest BCUT2D eigenvalue weighted by Gasteiger charge is 2.37. The third-order valence-electron chi connectivity index (χ3n) is 5.36. The van der Waals surface area contributed by atoms with Crippen LogP contribution in [0.4, 0.5) is 0 Å². The van der Waals surface area contributed by atoms with Gasteiger partial charge >= 0.3 is 0 Å². The Hall–Kier alpha value is -2.53. The van der Waals surface area contributed by atoms with Crippen molar-refractivity contribution in [2.24, 2.45) is 20.9 Å². The second-order valence-electron chi connectivity index (χ2n) is 7.05. The van der Waals surface area contributed by atoms with Crippen LogP contribution in [0.25, 0.3) is 16.7 Å². The van der Waals surface area contributed by atoms with Crippen molar-refractivity contribution in [3.05, 3.63) is 42.2 Å². The van der Waals surface area contributed by atoms with Crippen LogP contribution in [0.2, 0.25) is 0 Å². The minimum Gasteiger partial charge on any atom is -0.454 e. The zero-order chi connectivity index (χ0) is 16.9. The maximum absolute atomic E-state index is 5.94. The smallest absolute Gasteiger partial charge is 0.153 e. The fourth-order valence-corrected chi connectivity index (χ4v) is 3.87. The topological polar surface area (TPSA) is 62.2 Å². The Morgan fingerprint density at radius 2 is 2.00 bits per heavy atom. The number of fused-ring (bicyclic) bond motifs is 2. The quantitative estimate of drug-likeness (QED) is 0.915. The van der Waals surface area contributed by atoms with E-state index in [0.29, 0.717) is 5.92 Å². The van der Waals surface area contributed by atoms with E-state index >= 15 is 0 Å². The lowest BCUT2D eigenvalue weighted by Gasteiger charge is -2.35. The molecule has 4 heterocycles. The fraction of sp³-hybridized carbons (Fsp3) is 0.350. The number of piperidine rings is 1. The Morgan fingerprint density at radius 3 is 2.84 bits per heavy atom. The highest BCUT2D eigenvalue weighted by atomic mass is 16.3. The van der Waals surface area contributed by atoms with Crippen LogP contribution in [0.3, 0.4) is 0 Å². The molecule has 5 heteroatoms.